The fourth-order valence-electron chi connectivity index (χ4n) is 0.355. The van der Waals surface area contributed by atoms with Gasteiger partial charge in [0, 0.05) is 0 Å². The summed E-state index contributed by atoms with van der Waals surface area (Å²) in [6.07, 6.45) is 0. The Kier molecular flexibility index (Phi) is 3.37. The van der Waals surface area contributed by atoms with Crippen molar-refractivity contribution in [1.82, 2.24) is 0 Å². The highest BCUT2D eigenvalue weighted by Gasteiger charge is 2.41. The zero-order valence-electron chi connectivity index (χ0n) is 6.68. The average Bonchev–Trinajstić information content (AvgIpc) is 1.99. The molecule has 7 heteroatoms. The fourth-order valence-corrected chi connectivity index (χ4v) is 0.355. The first kappa shape index (κ1) is 11.4. The van der Waals surface area contributed by atoms with Gasteiger partial charge in [-0.15, -0.1) is 0 Å². The van der Waals surface area contributed by atoms with E-state index < -0.39 is 30.1 Å². The van der Waals surface area contributed by atoms with Crippen molar-refractivity contribution in [2.24, 2.45) is 0 Å². The van der Waals surface area contributed by atoms with E-state index in [-0.39, 0.29) is 0 Å². The molecule has 0 rings (SSSR count). The first-order valence-corrected chi connectivity index (χ1v) is 3.13. The van der Waals surface area contributed by atoms with Gasteiger partial charge in [-0.25, -0.2) is 14.4 Å². The molecule has 0 amide bonds. The predicted molar refractivity (Wildman–Crippen MR) is 36.9 cm³/mol. The van der Waals surface area contributed by atoms with E-state index in [1.807, 2.05) is 0 Å². The van der Waals surface area contributed by atoms with Crippen molar-refractivity contribution in [3.8, 4) is 0 Å². The maximum absolute atomic E-state index is 10.7. The van der Waals surface area contributed by atoms with Crippen LogP contribution in [0.15, 0.2) is 0 Å². The number of esters is 1. The van der Waals surface area contributed by atoms with E-state index in [0.29, 0.717) is 6.92 Å². The molecule has 0 bridgehead atoms. The molecule has 0 spiro atoms. The molecule has 0 aliphatic rings. The van der Waals surface area contributed by atoms with Gasteiger partial charge in [0.25, 0.3) is 5.60 Å². The van der Waals surface area contributed by atoms with Crippen molar-refractivity contribution in [2.45, 2.75) is 12.5 Å². The summed E-state index contributed by atoms with van der Waals surface area (Å²) in [6, 6.07) is 0. The highest BCUT2D eigenvalue weighted by Crippen LogP contribution is 2.05. The molecule has 13 heavy (non-hydrogen) atoms. The van der Waals surface area contributed by atoms with Gasteiger partial charge in [-0.2, -0.15) is 0 Å². The summed E-state index contributed by atoms with van der Waals surface area (Å²) >= 11 is 0. The third kappa shape index (κ3) is 3.08. The van der Waals surface area contributed by atoms with Crippen molar-refractivity contribution in [2.75, 3.05) is 6.61 Å². The van der Waals surface area contributed by atoms with E-state index in [2.05, 4.69) is 4.74 Å². The van der Waals surface area contributed by atoms with Crippen LogP contribution in [0.2, 0.25) is 0 Å². The Labute approximate surface area is 72.5 Å². The molecule has 74 valence electrons. The number of rotatable bonds is 4. The monoisotopic (exact) mass is 192 g/mol. The van der Waals surface area contributed by atoms with Crippen LogP contribution in [-0.2, 0) is 19.1 Å². The van der Waals surface area contributed by atoms with Gasteiger partial charge in [0.15, 0.2) is 6.61 Å². The number of ether oxygens (including phenoxy) is 1. The van der Waals surface area contributed by atoms with E-state index in [4.69, 9.17) is 15.3 Å². The van der Waals surface area contributed by atoms with Crippen LogP contribution in [0, 0.1) is 0 Å². The summed E-state index contributed by atoms with van der Waals surface area (Å²) in [5.74, 6) is -4.75. The third-order valence-corrected chi connectivity index (χ3v) is 1.14. The van der Waals surface area contributed by atoms with Crippen LogP contribution in [0.5, 0.6) is 0 Å². The highest BCUT2D eigenvalue weighted by molar-refractivity contribution is 6.02. The van der Waals surface area contributed by atoms with Gasteiger partial charge in [-0.3, -0.25) is 0 Å². The molecule has 0 aromatic heterocycles. The lowest BCUT2D eigenvalue weighted by molar-refractivity contribution is -0.180. The van der Waals surface area contributed by atoms with E-state index in [1.54, 1.807) is 0 Å². The lowest BCUT2D eigenvalue weighted by Gasteiger charge is -2.14. The molecule has 0 fully saturated rings. The molecule has 0 radical (unpaired) electrons. The van der Waals surface area contributed by atoms with Gasteiger partial charge in [0.05, 0.1) is 0 Å². The Morgan fingerprint density at radius 2 is 1.77 bits per heavy atom. The maximum Gasteiger partial charge on any atom is 0.350 e. The quantitative estimate of drug-likeness (QED) is 0.364. The minimum atomic E-state index is -2.71. The first-order chi connectivity index (χ1) is 5.78. The lowest BCUT2D eigenvalue weighted by Crippen LogP contribution is -2.45. The molecule has 1 atom stereocenters. The molecular formula is C6H8O7. The van der Waals surface area contributed by atoms with Crippen LogP contribution < -0.4 is 0 Å². The third-order valence-electron chi connectivity index (χ3n) is 1.14. The maximum atomic E-state index is 10.7. The summed E-state index contributed by atoms with van der Waals surface area (Å²) in [7, 11) is 0. The molecule has 0 aliphatic heterocycles. The van der Waals surface area contributed by atoms with Crippen molar-refractivity contribution in [3.63, 3.8) is 0 Å². The van der Waals surface area contributed by atoms with Crippen LogP contribution in [0.3, 0.4) is 0 Å². The molecule has 0 aromatic carbocycles. The second-order valence-corrected chi connectivity index (χ2v) is 2.35. The Morgan fingerprint density at radius 3 is 2.08 bits per heavy atom. The zero-order chi connectivity index (χ0) is 10.6. The number of carbonyl (C=O) groups excluding carboxylic acids is 1. The van der Waals surface area contributed by atoms with Gasteiger partial charge in [0.1, 0.15) is 0 Å². The predicted octanol–water partition coefficient (Wildman–Crippen LogP) is -1.55. The average molecular weight is 192 g/mol. The van der Waals surface area contributed by atoms with E-state index >= 15 is 0 Å². The molecule has 0 saturated carbocycles. The minimum Gasteiger partial charge on any atom is -0.479 e. The molecule has 0 aliphatic carbocycles. The standard InChI is InChI=1S/C6H8O7/c1-6(12,4(9)10)5(11)13-2-3(7)8/h12H,2H2,1H3,(H,7,8)(H,9,10). The van der Waals surface area contributed by atoms with Gasteiger partial charge < -0.3 is 20.1 Å². The smallest absolute Gasteiger partial charge is 0.350 e. The topological polar surface area (TPSA) is 121 Å². The summed E-state index contributed by atoms with van der Waals surface area (Å²) in [4.78, 5) is 30.8. The molecule has 1 unspecified atom stereocenters. The number of hydrogen-bond donors (Lipinski definition) is 3. The highest BCUT2D eigenvalue weighted by atomic mass is 16.6. The largest absolute Gasteiger partial charge is 0.479 e. The van der Waals surface area contributed by atoms with Gasteiger partial charge in [-0.1, -0.05) is 0 Å². The number of carboxylic acids is 2. The van der Waals surface area contributed by atoms with Gasteiger partial charge in [0.2, 0.25) is 0 Å². The number of aliphatic hydroxyl groups is 1. The molecule has 0 saturated heterocycles. The van der Waals surface area contributed by atoms with E-state index in [9.17, 15) is 14.4 Å². The molecule has 0 heterocycles. The van der Waals surface area contributed by atoms with E-state index in [1.165, 1.54) is 0 Å². The lowest BCUT2D eigenvalue weighted by atomic mass is 10.1. The van der Waals surface area contributed by atoms with Crippen molar-refractivity contribution < 1.29 is 34.4 Å². The van der Waals surface area contributed by atoms with Crippen LogP contribution >= 0.6 is 0 Å². The summed E-state index contributed by atoms with van der Waals surface area (Å²) in [5.41, 5.74) is -2.71. The summed E-state index contributed by atoms with van der Waals surface area (Å²) < 4.78 is 3.96. The Balaban J connectivity index is 4.26. The second-order valence-electron chi connectivity index (χ2n) is 2.35. The van der Waals surface area contributed by atoms with E-state index in [0.717, 1.165) is 0 Å². The summed E-state index contributed by atoms with van der Waals surface area (Å²) in [5, 5.41) is 25.2. The Bertz CT molecular complexity index is 241. The zero-order valence-corrected chi connectivity index (χ0v) is 6.68. The van der Waals surface area contributed by atoms with Crippen LogP contribution in [0.1, 0.15) is 6.92 Å². The Morgan fingerprint density at radius 1 is 1.31 bits per heavy atom. The van der Waals surface area contributed by atoms with Gasteiger partial charge >= 0.3 is 17.9 Å². The van der Waals surface area contributed by atoms with Crippen LogP contribution in [0.4, 0.5) is 0 Å². The normalized spacial score (nSPS) is 14.3. The van der Waals surface area contributed by atoms with Crippen molar-refractivity contribution in [3.05, 3.63) is 0 Å². The van der Waals surface area contributed by atoms with Gasteiger partial charge in [-0.05, 0) is 6.92 Å². The second kappa shape index (κ2) is 3.85. The van der Waals surface area contributed by atoms with Crippen LogP contribution in [-0.4, -0.2) is 45.4 Å². The van der Waals surface area contributed by atoms with Crippen molar-refractivity contribution >= 4 is 17.9 Å². The van der Waals surface area contributed by atoms with Crippen molar-refractivity contribution in [1.29, 1.82) is 0 Å². The number of aliphatic carboxylic acids is 2. The molecule has 3 N–H and O–H groups in total. The summed E-state index contributed by atoms with van der Waals surface area (Å²) in [6.45, 7) is -0.290. The first-order valence-electron chi connectivity index (χ1n) is 3.13. The number of carbonyl (C=O) groups is 3. The Hall–Kier alpha value is -1.63. The molecule has 0 aromatic rings. The number of carboxylic acid groups (broad SMARTS) is 2. The number of hydrogen-bond acceptors (Lipinski definition) is 5. The SMILES string of the molecule is CC(O)(C(=O)O)C(=O)OCC(=O)O. The molecular weight excluding hydrogens is 184 g/mol. The van der Waals surface area contributed by atoms with Crippen LogP contribution in [0.25, 0.3) is 0 Å². The molecule has 7 nitrogen and oxygen atoms in total. The fraction of sp³-hybridized carbons (Fsp3) is 0.500. The minimum absolute atomic E-state index is 0.694.